The number of piperidine rings is 1. The fourth-order valence-corrected chi connectivity index (χ4v) is 3.00. The first kappa shape index (κ1) is 10.4. The van der Waals surface area contributed by atoms with Crippen LogP contribution in [0, 0.1) is 5.92 Å². The number of halogens is 1. The summed E-state index contributed by atoms with van der Waals surface area (Å²) in [6.07, 6.45) is 5.14. The van der Waals surface area contributed by atoms with Gasteiger partial charge in [0.05, 0.1) is 0 Å². The van der Waals surface area contributed by atoms with E-state index in [9.17, 15) is 4.39 Å². The number of rotatable bonds is 3. The van der Waals surface area contributed by atoms with Crippen LogP contribution in [0.25, 0.3) is 0 Å². The van der Waals surface area contributed by atoms with Crippen molar-refractivity contribution in [3.8, 4) is 0 Å². The lowest BCUT2D eigenvalue weighted by molar-refractivity contribution is 0.153. The van der Waals surface area contributed by atoms with Crippen molar-refractivity contribution < 1.29 is 4.39 Å². The summed E-state index contributed by atoms with van der Waals surface area (Å²) in [6, 6.07) is 0.688. The summed E-state index contributed by atoms with van der Waals surface area (Å²) >= 11 is 0. The predicted octanol–water partition coefficient (Wildman–Crippen LogP) is 1.42. The third-order valence-corrected chi connectivity index (χ3v) is 3.71. The molecule has 2 nitrogen and oxygen atoms in total. The summed E-state index contributed by atoms with van der Waals surface area (Å²) in [4.78, 5) is 2.37. The lowest BCUT2D eigenvalue weighted by Crippen LogP contribution is -2.41. The number of alkyl halides is 1. The van der Waals surface area contributed by atoms with E-state index >= 15 is 0 Å². The van der Waals surface area contributed by atoms with Gasteiger partial charge in [-0.15, -0.1) is 0 Å². The van der Waals surface area contributed by atoms with Gasteiger partial charge in [-0.25, -0.2) is 4.39 Å². The average Bonchev–Trinajstić information content (AvgIpc) is 2.68. The first-order valence-corrected chi connectivity index (χ1v) is 5.92. The van der Waals surface area contributed by atoms with Gasteiger partial charge in [-0.3, -0.25) is 4.90 Å². The number of nitrogens with zero attached hydrogens (tertiary/aromatic N) is 1. The maximum atomic E-state index is 12.3. The molecule has 2 heterocycles. The van der Waals surface area contributed by atoms with E-state index in [4.69, 9.17) is 0 Å². The zero-order chi connectivity index (χ0) is 9.80. The molecule has 0 saturated carbocycles. The second kappa shape index (κ2) is 5.08. The number of nitrogens with one attached hydrogen (secondary N) is 1. The van der Waals surface area contributed by atoms with Crippen molar-refractivity contribution in [3.05, 3.63) is 0 Å². The van der Waals surface area contributed by atoms with Crippen molar-refractivity contribution in [2.45, 2.75) is 31.7 Å². The fraction of sp³-hybridized carbons (Fsp3) is 1.00. The maximum absolute atomic E-state index is 12.3. The molecule has 0 spiro atoms. The Labute approximate surface area is 85.9 Å². The molecule has 2 rings (SSSR count). The molecule has 0 amide bonds. The molecule has 0 aliphatic carbocycles. The van der Waals surface area contributed by atoms with E-state index in [2.05, 4.69) is 10.2 Å². The van der Waals surface area contributed by atoms with E-state index in [0.717, 1.165) is 25.6 Å². The summed E-state index contributed by atoms with van der Waals surface area (Å²) in [5, 5.41) is 3.39. The lowest BCUT2D eigenvalue weighted by atomic mass is 9.89. The van der Waals surface area contributed by atoms with Crippen LogP contribution in [-0.4, -0.2) is 43.8 Å². The van der Waals surface area contributed by atoms with Gasteiger partial charge in [0, 0.05) is 12.6 Å². The predicted molar refractivity (Wildman–Crippen MR) is 56.2 cm³/mol. The third kappa shape index (κ3) is 2.26. The van der Waals surface area contributed by atoms with Gasteiger partial charge in [-0.05, 0) is 51.2 Å². The lowest BCUT2D eigenvalue weighted by Gasteiger charge is -2.33. The molecular weight excluding hydrogens is 179 g/mol. The Morgan fingerprint density at radius 1 is 1.21 bits per heavy atom. The van der Waals surface area contributed by atoms with Crippen LogP contribution in [-0.2, 0) is 0 Å². The number of hydrogen-bond donors (Lipinski definition) is 1. The van der Waals surface area contributed by atoms with Crippen LogP contribution in [0.15, 0.2) is 0 Å². The minimum Gasteiger partial charge on any atom is -0.317 e. The Morgan fingerprint density at radius 2 is 2.00 bits per heavy atom. The molecule has 0 aromatic carbocycles. The van der Waals surface area contributed by atoms with Gasteiger partial charge in [-0.2, -0.15) is 0 Å². The van der Waals surface area contributed by atoms with Gasteiger partial charge in [0.15, 0.2) is 0 Å². The molecule has 3 heteroatoms. The molecule has 0 aromatic heterocycles. The second-order valence-corrected chi connectivity index (χ2v) is 4.52. The highest BCUT2D eigenvalue weighted by Gasteiger charge is 2.31. The van der Waals surface area contributed by atoms with Gasteiger partial charge < -0.3 is 5.32 Å². The second-order valence-electron chi connectivity index (χ2n) is 4.52. The van der Waals surface area contributed by atoms with Crippen LogP contribution < -0.4 is 5.32 Å². The molecule has 2 aliphatic heterocycles. The van der Waals surface area contributed by atoms with Crippen LogP contribution in [0.4, 0.5) is 4.39 Å². The van der Waals surface area contributed by atoms with Crippen LogP contribution in [0.3, 0.4) is 0 Å². The summed E-state index contributed by atoms with van der Waals surface area (Å²) in [7, 11) is 0. The molecule has 1 atom stereocenters. The summed E-state index contributed by atoms with van der Waals surface area (Å²) in [5.74, 6) is 0.824. The van der Waals surface area contributed by atoms with E-state index in [-0.39, 0.29) is 6.67 Å². The Kier molecular flexibility index (Phi) is 3.76. The molecule has 82 valence electrons. The molecule has 1 N–H and O–H groups in total. The summed E-state index contributed by atoms with van der Waals surface area (Å²) in [5.41, 5.74) is 0. The zero-order valence-electron chi connectivity index (χ0n) is 8.84. The zero-order valence-corrected chi connectivity index (χ0v) is 8.84. The van der Waals surface area contributed by atoms with E-state index < -0.39 is 0 Å². The van der Waals surface area contributed by atoms with Crippen molar-refractivity contribution in [1.29, 1.82) is 0 Å². The Morgan fingerprint density at radius 3 is 2.71 bits per heavy atom. The first-order valence-electron chi connectivity index (χ1n) is 5.92. The van der Waals surface area contributed by atoms with E-state index in [0.29, 0.717) is 12.6 Å². The number of hydrogen-bond acceptors (Lipinski definition) is 2. The average molecular weight is 200 g/mol. The van der Waals surface area contributed by atoms with Crippen molar-refractivity contribution in [2.24, 2.45) is 5.92 Å². The highest BCUT2D eigenvalue weighted by Crippen LogP contribution is 2.28. The maximum Gasteiger partial charge on any atom is 0.102 e. The molecule has 2 fully saturated rings. The molecule has 2 saturated heterocycles. The third-order valence-electron chi connectivity index (χ3n) is 3.71. The van der Waals surface area contributed by atoms with E-state index in [1.165, 1.54) is 25.7 Å². The highest BCUT2D eigenvalue weighted by atomic mass is 19.1. The molecular formula is C11H21FN2. The Bertz CT molecular complexity index is 169. The fourth-order valence-electron chi connectivity index (χ4n) is 3.00. The smallest absolute Gasteiger partial charge is 0.102 e. The van der Waals surface area contributed by atoms with Gasteiger partial charge in [0.2, 0.25) is 0 Å². The van der Waals surface area contributed by atoms with Crippen LogP contribution >= 0.6 is 0 Å². The van der Waals surface area contributed by atoms with Gasteiger partial charge >= 0.3 is 0 Å². The summed E-state index contributed by atoms with van der Waals surface area (Å²) < 4.78 is 12.3. The van der Waals surface area contributed by atoms with E-state index in [1.807, 2.05) is 0 Å². The number of likely N-dealkylation sites (tertiary alicyclic amines) is 1. The van der Waals surface area contributed by atoms with Gasteiger partial charge in [0.1, 0.15) is 6.67 Å². The monoisotopic (exact) mass is 200 g/mol. The standard InChI is InChI=1S/C11H21FN2/c12-5-9-14-8-1-2-11(14)10-3-6-13-7-4-10/h10-11,13H,1-9H2. The quantitative estimate of drug-likeness (QED) is 0.741. The Balaban J connectivity index is 1.87. The molecule has 0 bridgehead atoms. The van der Waals surface area contributed by atoms with Crippen molar-refractivity contribution >= 4 is 0 Å². The first-order chi connectivity index (χ1) is 6.92. The van der Waals surface area contributed by atoms with Crippen molar-refractivity contribution in [3.63, 3.8) is 0 Å². The van der Waals surface area contributed by atoms with Crippen molar-refractivity contribution in [2.75, 3.05) is 32.9 Å². The van der Waals surface area contributed by atoms with Crippen LogP contribution in [0.5, 0.6) is 0 Å². The Hall–Kier alpha value is -0.150. The topological polar surface area (TPSA) is 15.3 Å². The van der Waals surface area contributed by atoms with Crippen molar-refractivity contribution in [1.82, 2.24) is 10.2 Å². The minimum absolute atomic E-state index is 0.179. The van der Waals surface area contributed by atoms with Gasteiger partial charge in [-0.1, -0.05) is 0 Å². The molecule has 0 radical (unpaired) electrons. The largest absolute Gasteiger partial charge is 0.317 e. The molecule has 14 heavy (non-hydrogen) atoms. The van der Waals surface area contributed by atoms with Crippen LogP contribution in [0.2, 0.25) is 0 Å². The normalized spacial score (nSPS) is 31.1. The van der Waals surface area contributed by atoms with Gasteiger partial charge in [0.25, 0.3) is 0 Å². The molecule has 0 aromatic rings. The minimum atomic E-state index is -0.179. The molecule has 2 aliphatic rings. The van der Waals surface area contributed by atoms with E-state index in [1.54, 1.807) is 0 Å². The highest BCUT2D eigenvalue weighted by molar-refractivity contribution is 4.87. The summed E-state index contributed by atoms with van der Waals surface area (Å²) in [6.45, 7) is 3.92. The molecule has 1 unspecified atom stereocenters. The van der Waals surface area contributed by atoms with Crippen LogP contribution in [0.1, 0.15) is 25.7 Å². The SMILES string of the molecule is FCCN1CCCC1C1CCNCC1.